The van der Waals surface area contributed by atoms with Crippen molar-refractivity contribution in [1.29, 1.82) is 0 Å². The summed E-state index contributed by atoms with van der Waals surface area (Å²) in [6.45, 7) is 3.79. The minimum absolute atomic E-state index is 0.127. The van der Waals surface area contributed by atoms with Crippen molar-refractivity contribution in [2.75, 3.05) is 0 Å². The average molecular weight is 533 g/mol. The summed E-state index contributed by atoms with van der Waals surface area (Å²) in [5.74, 6) is -1.25. The Kier molecular flexibility index (Phi) is 7.60. The Hall–Kier alpha value is -3.87. The van der Waals surface area contributed by atoms with Crippen LogP contribution >= 0.6 is 0 Å². The molecule has 4 nitrogen and oxygen atoms in total. The maximum Gasteiger partial charge on any atom is 0.261 e. The Morgan fingerprint density at radius 2 is 1.49 bits per heavy atom. The monoisotopic (exact) mass is 532 g/mol. The summed E-state index contributed by atoms with van der Waals surface area (Å²) in [4.78, 5) is 18.5. The number of aromatic hydroxyl groups is 1. The standard InChI is InChI=1S/C32H31F3N2O2/c1-19(2)30(24-16-26(34)18-27(35)17-24)37-29(14-7-20-3-4-20)36-31(38)28(32(37)39)15-21-5-8-22(9-6-21)23-10-12-25(33)13-11-23/h5-6,8-13,16-20,30,38H,3-4,7,14-15H2,1-2H3/t30-/m0/s1. The molecule has 39 heavy (non-hydrogen) atoms. The van der Waals surface area contributed by atoms with E-state index in [2.05, 4.69) is 4.98 Å². The van der Waals surface area contributed by atoms with E-state index < -0.39 is 23.2 Å². The zero-order valence-electron chi connectivity index (χ0n) is 22.0. The van der Waals surface area contributed by atoms with Crippen molar-refractivity contribution in [2.24, 2.45) is 11.8 Å². The van der Waals surface area contributed by atoms with Crippen LogP contribution < -0.4 is 5.56 Å². The molecule has 1 aliphatic rings. The van der Waals surface area contributed by atoms with E-state index >= 15 is 0 Å². The summed E-state index contributed by atoms with van der Waals surface area (Å²) in [5.41, 5.74) is 2.59. The molecule has 1 aromatic heterocycles. The third kappa shape index (κ3) is 6.08. The minimum atomic E-state index is -0.712. The number of benzene rings is 3. The first-order valence-corrected chi connectivity index (χ1v) is 13.3. The van der Waals surface area contributed by atoms with Crippen molar-refractivity contribution in [3.05, 3.63) is 117 Å². The van der Waals surface area contributed by atoms with Crippen LogP contribution in [0.1, 0.15) is 61.7 Å². The number of halogens is 3. The summed E-state index contributed by atoms with van der Waals surface area (Å²) in [5, 5.41) is 10.9. The summed E-state index contributed by atoms with van der Waals surface area (Å²) in [7, 11) is 0. The molecule has 1 aliphatic carbocycles. The molecule has 4 aromatic rings. The topological polar surface area (TPSA) is 55.1 Å². The van der Waals surface area contributed by atoms with Crippen LogP contribution in [0.2, 0.25) is 0 Å². The van der Waals surface area contributed by atoms with Gasteiger partial charge in [-0.25, -0.2) is 13.2 Å². The van der Waals surface area contributed by atoms with Crippen LogP contribution in [0.3, 0.4) is 0 Å². The maximum absolute atomic E-state index is 14.2. The van der Waals surface area contributed by atoms with Gasteiger partial charge in [-0.3, -0.25) is 9.36 Å². The highest BCUT2D eigenvalue weighted by Gasteiger charge is 2.28. The van der Waals surface area contributed by atoms with Crippen molar-refractivity contribution in [3.63, 3.8) is 0 Å². The van der Waals surface area contributed by atoms with E-state index in [9.17, 15) is 23.1 Å². The average Bonchev–Trinajstić information content (AvgIpc) is 3.72. The second kappa shape index (κ2) is 11.1. The van der Waals surface area contributed by atoms with Gasteiger partial charge >= 0.3 is 0 Å². The summed E-state index contributed by atoms with van der Waals surface area (Å²) in [6, 6.07) is 16.3. The molecule has 0 unspecified atom stereocenters. The molecule has 1 fully saturated rings. The van der Waals surface area contributed by atoms with Crippen molar-refractivity contribution in [2.45, 2.75) is 52.0 Å². The van der Waals surface area contributed by atoms with Crippen LogP contribution in [0.25, 0.3) is 11.1 Å². The minimum Gasteiger partial charge on any atom is -0.493 e. The molecule has 0 spiro atoms. The predicted octanol–water partition coefficient (Wildman–Crippen LogP) is 7.21. The first-order valence-electron chi connectivity index (χ1n) is 13.3. The quantitative estimate of drug-likeness (QED) is 0.248. The number of aryl methyl sites for hydroxylation is 1. The normalized spacial score (nSPS) is 14.1. The zero-order valence-corrected chi connectivity index (χ0v) is 22.0. The molecule has 202 valence electrons. The van der Waals surface area contributed by atoms with Gasteiger partial charge in [-0.2, -0.15) is 4.98 Å². The molecule has 0 radical (unpaired) electrons. The third-order valence-corrected chi connectivity index (χ3v) is 7.38. The molecule has 5 rings (SSSR count). The van der Waals surface area contributed by atoms with Crippen molar-refractivity contribution >= 4 is 0 Å². The molecular formula is C32H31F3N2O2. The van der Waals surface area contributed by atoms with Crippen LogP contribution in [0.15, 0.2) is 71.5 Å². The molecule has 0 bridgehead atoms. The molecule has 0 amide bonds. The number of hydrogen-bond donors (Lipinski definition) is 1. The van der Waals surface area contributed by atoms with Crippen LogP contribution in [0.5, 0.6) is 5.88 Å². The first kappa shape index (κ1) is 26.7. The van der Waals surface area contributed by atoms with E-state index in [1.165, 1.54) is 28.8 Å². The lowest BCUT2D eigenvalue weighted by Gasteiger charge is -2.27. The molecule has 1 atom stereocenters. The smallest absolute Gasteiger partial charge is 0.261 e. The van der Waals surface area contributed by atoms with E-state index in [0.717, 1.165) is 42.0 Å². The van der Waals surface area contributed by atoms with Crippen LogP contribution in [0, 0.1) is 29.3 Å². The van der Waals surface area contributed by atoms with Crippen molar-refractivity contribution in [1.82, 2.24) is 9.55 Å². The maximum atomic E-state index is 14.2. The highest BCUT2D eigenvalue weighted by Crippen LogP contribution is 2.35. The Morgan fingerprint density at radius 3 is 2.05 bits per heavy atom. The van der Waals surface area contributed by atoms with Gasteiger partial charge in [-0.1, -0.05) is 63.1 Å². The SMILES string of the molecule is CC(C)[C@@H](c1cc(F)cc(F)c1)n1c(CCC2CC2)nc(O)c(Cc2ccc(-c3ccc(F)cc3)cc2)c1=O. The summed E-state index contributed by atoms with van der Waals surface area (Å²) < 4.78 is 43.3. The number of nitrogens with zero attached hydrogens (tertiary/aromatic N) is 2. The van der Waals surface area contributed by atoms with Gasteiger partial charge in [-0.15, -0.1) is 0 Å². The molecule has 3 aromatic carbocycles. The molecule has 1 N–H and O–H groups in total. The lowest BCUT2D eigenvalue weighted by Crippen LogP contribution is -2.35. The fourth-order valence-electron chi connectivity index (χ4n) is 5.20. The van der Waals surface area contributed by atoms with Crippen molar-refractivity contribution in [3.8, 4) is 17.0 Å². The molecular weight excluding hydrogens is 501 g/mol. The number of hydrogen-bond acceptors (Lipinski definition) is 3. The fourth-order valence-corrected chi connectivity index (χ4v) is 5.20. The molecule has 0 aliphatic heterocycles. The van der Waals surface area contributed by atoms with Gasteiger partial charge in [0.25, 0.3) is 5.56 Å². The van der Waals surface area contributed by atoms with Gasteiger partial charge in [0.1, 0.15) is 23.3 Å². The lowest BCUT2D eigenvalue weighted by molar-refractivity contribution is 0.381. The van der Waals surface area contributed by atoms with Gasteiger partial charge < -0.3 is 5.11 Å². The molecule has 1 heterocycles. The highest BCUT2D eigenvalue weighted by atomic mass is 19.1. The van der Waals surface area contributed by atoms with Gasteiger partial charge in [0.05, 0.1) is 11.6 Å². The second-order valence-corrected chi connectivity index (χ2v) is 10.8. The Labute approximate surface area is 225 Å². The lowest BCUT2D eigenvalue weighted by atomic mass is 9.94. The Morgan fingerprint density at radius 1 is 0.897 bits per heavy atom. The largest absolute Gasteiger partial charge is 0.493 e. The summed E-state index contributed by atoms with van der Waals surface area (Å²) in [6.07, 6.45) is 3.71. The molecule has 1 saturated carbocycles. The van der Waals surface area contributed by atoms with Gasteiger partial charge in [0.2, 0.25) is 5.88 Å². The van der Waals surface area contributed by atoms with Gasteiger partial charge in [0.15, 0.2) is 0 Å². The first-order chi connectivity index (χ1) is 18.7. The number of aromatic nitrogens is 2. The summed E-state index contributed by atoms with van der Waals surface area (Å²) >= 11 is 0. The highest BCUT2D eigenvalue weighted by molar-refractivity contribution is 5.63. The number of rotatable bonds is 9. The zero-order chi connectivity index (χ0) is 27.7. The van der Waals surface area contributed by atoms with Crippen molar-refractivity contribution < 1.29 is 18.3 Å². The molecule has 7 heteroatoms. The second-order valence-electron chi connectivity index (χ2n) is 10.8. The predicted molar refractivity (Wildman–Crippen MR) is 145 cm³/mol. The van der Waals surface area contributed by atoms with E-state index in [1.807, 2.05) is 38.1 Å². The van der Waals surface area contributed by atoms with Crippen LogP contribution in [-0.4, -0.2) is 14.7 Å². The van der Waals surface area contributed by atoms with Crippen LogP contribution in [0.4, 0.5) is 13.2 Å². The third-order valence-electron chi connectivity index (χ3n) is 7.38. The molecule has 0 saturated heterocycles. The van der Waals surface area contributed by atoms with E-state index in [4.69, 9.17) is 0 Å². The Bertz CT molecular complexity index is 1510. The Balaban J connectivity index is 1.55. The van der Waals surface area contributed by atoms with Gasteiger partial charge in [0, 0.05) is 18.9 Å². The van der Waals surface area contributed by atoms with E-state index in [0.29, 0.717) is 23.7 Å². The van der Waals surface area contributed by atoms with Gasteiger partial charge in [-0.05, 0) is 64.8 Å². The van der Waals surface area contributed by atoms with E-state index in [1.54, 1.807) is 12.1 Å². The van der Waals surface area contributed by atoms with E-state index in [-0.39, 0.29) is 29.6 Å². The fraction of sp³-hybridized carbons (Fsp3) is 0.312. The van der Waals surface area contributed by atoms with Crippen LogP contribution in [-0.2, 0) is 12.8 Å².